The number of unbranched alkanes of at least 4 members (excludes halogenated alkanes) is 1. The molecule has 5 nitrogen and oxygen atoms in total. The van der Waals surface area contributed by atoms with Crippen LogP contribution < -0.4 is 11.1 Å². The van der Waals surface area contributed by atoms with Crippen molar-refractivity contribution in [1.29, 1.82) is 0 Å². The van der Waals surface area contributed by atoms with E-state index in [1.165, 1.54) is 12.8 Å². The standard InChI is InChI=1S/C14H29N3O2/c1-14(2,13(15)17-18)7-3-4-8-16-10-12-6-5-9-19-11-12/h12,16,18H,3-11H2,1-2H3,(H2,15,17). The van der Waals surface area contributed by atoms with E-state index in [0.29, 0.717) is 11.8 Å². The highest BCUT2D eigenvalue weighted by Gasteiger charge is 2.22. The number of amidine groups is 1. The lowest BCUT2D eigenvalue weighted by Gasteiger charge is -2.23. The van der Waals surface area contributed by atoms with Gasteiger partial charge in [-0.25, -0.2) is 0 Å². The second-order valence-corrected chi connectivity index (χ2v) is 6.11. The predicted octanol–water partition coefficient (Wildman–Crippen LogP) is 1.95. The van der Waals surface area contributed by atoms with Crippen LogP contribution in [0.3, 0.4) is 0 Å². The maximum Gasteiger partial charge on any atom is 0.144 e. The molecular weight excluding hydrogens is 242 g/mol. The van der Waals surface area contributed by atoms with Gasteiger partial charge in [0.05, 0.1) is 6.61 Å². The van der Waals surface area contributed by atoms with E-state index in [-0.39, 0.29) is 5.41 Å². The van der Waals surface area contributed by atoms with Gasteiger partial charge in [0.2, 0.25) is 0 Å². The van der Waals surface area contributed by atoms with Crippen LogP contribution in [-0.4, -0.2) is 37.3 Å². The first-order valence-electron chi connectivity index (χ1n) is 7.33. The van der Waals surface area contributed by atoms with Gasteiger partial charge in [-0.1, -0.05) is 25.4 Å². The number of oxime groups is 1. The van der Waals surface area contributed by atoms with Crippen molar-refractivity contribution in [3.8, 4) is 0 Å². The zero-order valence-electron chi connectivity index (χ0n) is 12.3. The number of hydrogen-bond donors (Lipinski definition) is 3. The van der Waals surface area contributed by atoms with E-state index in [2.05, 4.69) is 10.5 Å². The molecule has 1 fully saturated rings. The van der Waals surface area contributed by atoms with Crippen molar-refractivity contribution in [2.75, 3.05) is 26.3 Å². The average Bonchev–Trinajstić information content (AvgIpc) is 2.42. The van der Waals surface area contributed by atoms with Crippen LogP contribution in [0.25, 0.3) is 0 Å². The third-order valence-electron chi connectivity index (χ3n) is 3.89. The van der Waals surface area contributed by atoms with Gasteiger partial charge in [-0.3, -0.25) is 0 Å². The number of nitrogens with zero attached hydrogens (tertiary/aromatic N) is 1. The van der Waals surface area contributed by atoms with Gasteiger partial charge in [-0.2, -0.15) is 0 Å². The van der Waals surface area contributed by atoms with Crippen LogP contribution >= 0.6 is 0 Å². The molecule has 0 amide bonds. The highest BCUT2D eigenvalue weighted by molar-refractivity contribution is 5.85. The first kappa shape index (κ1) is 16.2. The Morgan fingerprint density at radius 3 is 2.89 bits per heavy atom. The average molecular weight is 271 g/mol. The summed E-state index contributed by atoms with van der Waals surface area (Å²) in [5.74, 6) is 1.00. The molecule has 1 aliphatic rings. The van der Waals surface area contributed by atoms with Crippen LogP contribution in [0.1, 0.15) is 46.0 Å². The van der Waals surface area contributed by atoms with Crippen LogP contribution in [0.15, 0.2) is 5.16 Å². The molecule has 112 valence electrons. The predicted molar refractivity (Wildman–Crippen MR) is 77.5 cm³/mol. The summed E-state index contributed by atoms with van der Waals surface area (Å²) in [6.45, 7) is 7.94. The lowest BCUT2D eigenvalue weighted by molar-refractivity contribution is 0.0549. The zero-order chi connectivity index (χ0) is 14.1. The lowest BCUT2D eigenvalue weighted by Crippen LogP contribution is -2.32. The molecule has 0 aliphatic carbocycles. The molecule has 4 N–H and O–H groups in total. The van der Waals surface area contributed by atoms with Crippen LogP contribution in [0, 0.1) is 11.3 Å². The quantitative estimate of drug-likeness (QED) is 0.207. The summed E-state index contributed by atoms with van der Waals surface area (Å²) in [6, 6.07) is 0. The van der Waals surface area contributed by atoms with Crippen molar-refractivity contribution in [3.05, 3.63) is 0 Å². The highest BCUT2D eigenvalue weighted by Crippen LogP contribution is 2.23. The Morgan fingerprint density at radius 2 is 2.26 bits per heavy atom. The van der Waals surface area contributed by atoms with E-state index in [0.717, 1.165) is 45.6 Å². The smallest absolute Gasteiger partial charge is 0.144 e. The highest BCUT2D eigenvalue weighted by atomic mass is 16.5. The molecule has 0 radical (unpaired) electrons. The second-order valence-electron chi connectivity index (χ2n) is 6.11. The minimum Gasteiger partial charge on any atom is -0.409 e. The zero-order valence-corrected chi connectivity index (χ0v) is 12.3. The van der Waals surface area contributed by atoms with Crippen LogP contribution in [0.2, 0.25) is 0 Å². The van der Waals surface area contributed by atoms with Gasteiger partial charge in [0.1, 0.15) is 5.84 Å². The Bertz CT molecular complexity index is 274. The summed E-state index contributed by atoms with van der Waals surface area (Å²) < 4.78 is 5.45. The number of ether oxygens (including phenoxy) is 1. The monoisotopic (exact) mass is 271 g/mol. The van der Waals surface area contributed by atoms with Crippen molar-refractivity contribution < 1.29 is 9.94 Å². The largest absolute Gasteiger partial charge is 0.409 e. The van der Waals surface area contributed by atoms with Gasteiger partial charge in [0.15, 0.2) is 0 Å². The fourth-order valence-corrected chi connectivity index (χ4v) is 2.35. The number of nitrogens with two attached hydrogens (primary N) is 1. The third-order valence-corrected chi connectivity index (χ3v) is 3.89. The maximum atomic E-state index is 8.69. The SMILES string of the molecule is CC(C)(CCCCNCC1CCCOC1)C(N)=NO. The summed E-state index contributed by atoms with van der Waals surface area (Å²) in [7, 11) is 0. The van der Waals surface area contributed by atoms with Gasteiger partial charge >= 0.3 is 0 Å². The van der Waals surface area contributed by atoms with E-state index in [9.17, 15) is 0 Å². The van der Waals surface area contributed by atoms with E-state index in [1.807, 2.05) is 13.8 Å². The Balaban J connectivity index is 2.01. The second kappa shape index (κ2) is 8.38. The van der Waals surface area contributed by atoms with Crippen molar-refractivity contribution in [1.82, 2.24) is 5.32 Å². The molecule has 0 bridgehead atoms. The Hall–Kier alpha value is -0.810. The summed E-state index contributed by atoms with van der Waals surface area (Å²) in [4.78, 5) is 0. The topological polar surface area (TPSA) is 79.9 Å². The molecule has 0 aromatic carbocycles. The molecule has 0 spiro atoms. The lowest BCUT2D eigenvalue weighted by atomic mass is 9.86. The van der Waals surface area contributed by atoms with Crippen molar-refractivity contribution in [2.45, 2.75) is 46.0 Å². The summed E-state index contributed by atoms with van der Waals surface area (Å²) in [5.41, 5.74) is 5.44. The van der Waals surface area contributed by atoms with E-state index in [4.69, 9.17) is 15.7 Å². The molecule has 1 heterocycles. The third kappa shape index (κ3) is 6.25. The molecule has 1 rings (SSSR count). The summed E-state index contributed by atoms with van der Waals surface area (Å²) in [6.07, 6.45) is 5.62. The van der Waals surface area contributed by atoms with Gasteiger partial charge in [-0.15, -0.1) is 0 Å². The van der Waals surface area contributed by atoms with Crippen molar-refractivity contribution >= 4 is 5.84 Å². The van der Waals surface area contributed by atoms with Crippen LogP contribution in [0.5, 0.6) is 0 Å². The molecular formula is C14H29N3O2. The minimum atomic E-state index is -0.216. The fraction of sp³-hybridized carbons (Fsp3) is 0.929. The maximum absolute atomic E-state index is 8.69. The minimum absolute atomic E-state index is 0.216. The van der Waals surface area contributed by atoms with E-state index < -0.39 is 0 Å². The van der Waals surface area contributed by atoms with E-state index >= 15 is 0 Å². The van der Waals surface area contributed by atoms with Crippen molar-refractivity contribution in [3.63, 3.8) is 0 Å². The molecule has 1 saturated heterocycles. The normalized spacial score (nSPS) is 21.6. The number of hydrogen-bond acceptors (Lipinski definition) is 4. The summed E-state index contributed by atoms with van der Waals surface area (Å²) in [5, 5.41) is 15.3. The number of nitrogens with one attached hydrogen (secondary N) is 1. The molecule has 0 saturated carbocycles. The van der Waals surface area contributed by atoms with Crippen LogP contribution in [-0.2, 0) is 4.74 Å². The Morgan fingerprint density at radius 1 is 1.47 bits per heavy atom. The van der Waals surface area contributed by atoms with Crippen LogP contribution in [0.4, 0.5) is 0 Å². The molecule has 0 aromatic rings. The molecule has 1 aliphatic heterocycles. The molecule has 19 heavy (non-hydrogen) atoms. The molecule has 5 heteroatoms. The van der Waals surface area contributed by atoms with E-state index in [1.54, 1.807) is 0 Å². The molecule has 0 aromatic heterocycles. The van der Waals surface area contributed by atoms with Gasteiger partial charge in [-0.05, 0) is 38.1 Å². The van der Waals surface area contributed by atoms with Gasteiger partial charge < -0.3 is 21.0 Å². The Kier molecular flexibility index (Phi) is 7.16. The van der Waals surface area contributed by atoms with Gasteiger partial charge in [0, 0.05) is 18.6 Å². The Labute approximate surface area is 116 Å². The molecule has 1 unspecified atom stereocenters. The first-order chi connectivity index (χ1) is 9.06. The summed E-state index contributed by atoms with van der Waals surface area (Å²) >= 11 is 0. The number of rotatable bonds is 8. The first-order valence-corrected chi connectivity index (χ1v) is 7.33. The van der Waals surface area contributed by atoms with Gasteiger partial charge in [0.25, 0.3) is 0 Å². The molecule has 1 atom stereocenters. The fourth-order valence-electron chi connectivity index (χ4n) is 2.35. The van der Waals surface area contributed by atoms with Crippen molar-refractivity contribution in [2.24, 2.45) is 22.2 Å².